The highest BCUT2D eigenvalue weighted by molar-refractivity contribution is 7.10. The van der Waals surface area contributed by atoms with Crippen molar-refractivity contribution in [1.82, 2.24) is 5.32 Å². The van der Waals surface area contributed by atoms with Gasteiger partial charge in [0.25, 0.3) is 0 Å². The molecule has 3 atom stereocenters. The van der Waals surface area contributed by atoms with Gasteiger partial charge in [0.1, 0.15) is 0 Å². The molecule has 0 radical (unpaired) electrons. The lowest BCUT2D eigenvalue weighted by Gasteiger charge is -2.55. The van der Waals surface area contributed by atoms with E-state index in [4.69, 9.17) is 4.74 Å². The molecule has 3 rings (SSSR count). The molecule has 1 saturated carbocycles. The van der Waals surface area contributed by atoms with Gasteiger partial charge in [0, 0.05) is 35.4 Å². The Bertz CT molecular complexity index is 426. The van der Waals surface area contributed by atoms with E-state index in [1.165, 1.54) is 16.9 Å². The zero-order valence-corrected chi connectivity index (χ0v) is 12.3. The normalized spacial score (nSPS) is 33.2. The van der Waals surface area contributed by atoms with Crippen LogP contribution in [0.4, 0.5) is 0 Å². The number of ether oxygens (including phenoxy) is 1. The fraction of sp³-hybridized carbons (Fsp3) is 0.733. The van der Waals surface area contributed by atoms with Crippen molar-refractivity contribution >= 4 is 11.3 Å². The summed E-state index contributed by atoms with van der Waals surface area (Å²) in [4.78, 5) is 1.51. The second-order valence-electron chi connectivity index (χ2n) is 6.15. The van der Waals surface area contributed by atoms with E-state index in [-0.39, 0.29) is 0 Å². The number of rotatable bonds is 4. The summed E-state index contributed by atoms with van der Waals surface area (Å²) < 4.78 is 5.84. The summed E-state index contributed by atoms with van der Waals surface area (Å²) in [5.41, 5.74) is 1.80. The van der Waals surface area contributed by atoms with Crippen LogP contribution in [-0.2, 0) is 17.7 Å². The molecule has 1 aromatic heterocycles. The van der Waals surface area contributed by atoms with Gasteiger partial charge in [0.05, 0.1) is 6.10 Å². The standard InChI is InChI=1S/C15H23NOS/c1-4-10-6-8-18-12(10)9-16-13-11-5-7-17-14(11)15(13,2)3/h6,8,11,13-14,16H,4-5,7,9H2,1-3H3. The minimum absolute atomic E-state index is 0.296. The Labute approximate surface area is 114 Å². The fourth-order valence-electron chi connectivity index (χ4n) is 3.78. The van der Waals surface area contributed by atoms with Gasteiger partial charge in [-0.25, -0.2) is 0 Å². The largest absolute Gasteiger partial charge is 0.377 e. The van der Waals surface area contributed by atoms with Crippen molar-refractivity contribution in [3.63, 3.8) is 0 Å². The molecule has 3 heteroatoms. The number of nitrogens with one attached hydrogen (secondary N) is 1. The van der Waals surface area contributed by atoms with E-state index >= 15 is 0 Å². The van der Waals surface area contributed by atoms with E-state index in [1.807, 2.05) is 11.3 Å². The molecule has 1 saturated heterocycles. The highest BCUT2D eigenvalue weighted by Crippen LogP contribution is 2.52. The van der Waals surface area contributed by atoms with Crippen LogP contribution >= 0.6 is 11.3 Å². The molecule has 100 valence electrons. The van der Waals surface area contributed by atoms with Gasteiger partial charge >= 0.3 is 0 Å². The number of aryl methyl sites for hydroxylation is 1. The molecule has 2 heterocycles. The number of hydrogen-bond acceptors (Lipinski definition) is 3. The molecule has 3 unspecified atom stereocenters. The molecule has 2 aliphatic rings. The predicted molar refractivity (Wildman–Crippen MR) is 76.0 cm³/mol. The van der Waals surface area contributed by atoms with Crippen LogP contribution in [0.25, 0.3) is 0 Å². The summed E-state index contributed by atoms with van der Waals surface area (Å²) in [6.07, 6.45) is 2.87. The van der Waals surface area contributed by atoms with Crippen LogP contribution in [0, 0.1) is 11.3 Å². The van der Waals surface area contributed by atoms with Crippen molar-refractivity contribution in [1.29, 1.82) is 0 Å². The second-order valence-corrected chi connectivity index (χ2v) is 7.15. The third-order valence-corrected chi connectivity index (χ3v) is 5.76. The zero-order chi connectivity index (χ0) is 12.8. The van der Waals surface area contributed by atoms with Gasteiger partial charge < -0.3 is 10.1 Å². The molecule has 0 bridgehead atoms. The van der Waals surface area contributed by atoms with E-state index in [2.05, 4.69) is 37.5 Å². The maximum atomic E-state index is 5.84. The zero-order valence-electron chi connectivity index (χ0n) is 11.5. The van der Waals surface area contributed by atoms with Crippen molar-refractivity contribution < 1.29 is 4.74 Å². The Morgan fingerprint density at radius 1 is 1.50 bits per heavy atom. The molecule has 1 aliphatic carbocycles. The van der Waals surface area contributed by atoms with Crippen LogP contribution in [0.2, 0.25) is 0 Å². The van der Waals surface area contributed by atoms with Crippen molar-refractivity contribution in [2.45, 2.75) is 52.3 Å². The topological polar surface area (TPSA) is 21.3 Å². The summed E-state index contributed by atoms with van der Waals surface area (Å²) in [7, 11) is 0. The molecule has 2 fully saturated rings. The summed E-state index contributed by atoms with van der Waals surface area (Å²) in [5.74, 6) is 0.741. The SMILES string of the molecule is CCc1ccsc1CNC1C2CCOC2C1(C)C. The Morgan fingerprint density at radius 2 is 2.33 bits per heavy atom. The number of thiophene rings is 1. The minimum atomic E-state index is 0.296. The molecule has 1 N–H and O–H groups in total. The van der Waals surface area contributed by atoms with E-state index in [1.54, 1.807) is 0 Å². The van der Waals surface area contributed by atoms with Gasteiger partial charge in [-0.2, -0.15) is 0 Å². The predicted octanol–water partition coefficient (Wildman–Crippen LogP) is 3.21. The van der Waals surface area contributed by atoms with Crippen molar-refractivity contribution in [3.05, 3.63) is 21.9 Å². The molecular formula is C15H23NOS. The average Bonchev–Trinajstić information content (AvgIpc) is 2.96. The highest BCUT2D eigenvalue weighted by Gasteiger charge is 2.58. The van der Waals surface area contributed by atoms with Crippen molar-refractivity contribution in [2.24, 2.45) is 11.3 Å². The van der Waals surface area contributed by atoms with Gasteiger partial charge in [0.15, 0.2) is 0 Å². The molecular weight excluding hydrogens is 242 g/mol. The van der Waals surface area contributed by atoms with Gasteiger partial charge in [-0.3, -0.25) is 0 Å². The Hall–Kier alpha value is -0.380. The quantitative estimate of drug-likeness (QED) is 0.902. The lowest BCUT2D eigenvalue weighted by atomic mass is 9.57. The van der Waals surface area contributed by atoms with Crippen molar-refractivity contribution in [3.8, 4) is 0 Å². The third-order valence-electron chi connectivity index (χ3n) is 4.80. The van der Waals surface area contributed by atoms with E-state index in [0.717, 1.165) is 25.5 Å². The van der Waals surface area contributed by atoms with Crippen LogP contribution in [0.3, 0.4) is 0 Å². The summed E-state index contributed by atoms with van der Waals surface area (Å²) >= 11 is 1.88. The fourth-order valence-corrected chi connectivity index (χ4v) is 4.71. The number of fused-ring (bicyclic) bond motifs is 1. The first-order valence-corrected chi connectivity index (χ1v) is 7.92. The molecule has 18 heavy (non-hydrogen) atoms. The highest BCUT2D eigenvalue weighted by atomic mass is 32.1. The Morgan fingerprint density at radius 3 is 3.11 bits per heavy atom. The first-order valence-electron chi connectivity index (χ1n) is 7.04. The van der Waals surface area contributed by atoms with Crippen LogP contribution in [0.1, 0.15) is 37.6 Å². The Balaban J connectivity index is 1.64. The summed E-state index contributed by atoms with van der Waals surface area (Å²) in [6.45, 7) is 8.90. The molecule has 0 spiro atoms. The molecule has 0 aromatic carbocycles. The first kappa shape index (κ1) is 12.6. The van der Waals surface area contributed by atoms with E-state index in [9.17, 15) is 0 Å². The first-order chi connectivity index (χ1) is 8.64. The summed E-state index contributed by atoms with van der Waals surface area (Å²) in [6, 6.07) is 2.88. The summed E-state index contributed by atoms with van der Waals surface area (Å²) in [5, 5.41) is 6.00. The van der Waals surface area contributed by atoms with Crippen molar-refractivity contribution in [2.75, 3.05) is 6.61 Å². The van der Waals surface area contributed by atoms with Gasteiger partial charge in [-0.05, 0) is 29.9 Å². The Kier molecular flexibility index (Phi) is 3.25. The lowest BCUT2D eigenvalue weighted by Crippen LogP contribution is -2.65. The van der Waals surface area contributed by atoms with Crippen LogP contribution in [0.15, 0.2) is 11.4 Å². The van der Waals surface area contributed by atoms with E-state index < -0.39 is 0 Å². The van der Waals surface area contributed by atoms with Gasteiger partial charge in [0.2, 0.25) is 0 Å². The lowest BCUT2D eigenvalue weighted by molar-refractivity contribution is -0.113. The maximum Gasteiger partial charge on any atom is 0.0685 e. The monoisotopic (exact) mass is 265 g/mol. The third kappa shape index (κ3) is 1.84. The van der Waals surface area contributed by atoms with Crippen LogP contribution in [0.5, 0.6) is 0 Å². The smallest absolute Gasteiger partial charge is 0.0685 e. The maximum absolute atomic E-state index is 5.84. The molecule has 1 aromatic rings. The molecule has 2 nitrogen and oxygen atoms in total. The molecule has 1 aliphatic heterocycles. The van der Waals surface area contributed by atoms with Gasteiger partial charge in [-0.1, -0.05) is 20.8 Å². The number of hydrogen-bond donors (Lipinski definition) is 1. The van der Waals surface area contributed by atoms with Crippen LogP contribution in [-0.4, -0.2) is 18.8 Å². The minimum Gasteiger partial charge on any atom is -0.377 e. The second kappa shape index (κ2) is 4.62. The average molecular weight is 265 g/mol. The van der Waals surface area contributed by atoms with E-state index in [0.29, 0.717) is 17.6 Å². The van der Waals surface area contributed by atoms with Gasteiger partial charge in [-0.15, -0.1) is 11.3 Å². The van der Waals surface area contributed by atoms with Crippen LogP contribution < -0.4 is 5.32 Å². The molecule has 0 amide bonds.